The van der Waals surface area contributed by atoms with Crippen LogP contribution in [0.5, 0.6) is 0 Å². The molecule has 0 spiro atoms. The number of benzene rings is 3. The SMILES string of the molecule is CCCC.CCCCOC(=O)CCN1Cc2ccc(cc2)CNC2CCCCC2CNCc2ccc(cc2)CN(CCC(=O)O)C2CCCCC2NCc2ccc(cc2)CNC2CCCCC21. The van der Waals surface area contributed by atoms with Gasteiger partial charge in [-0.2, -0.15) is 0 Å². The summed E-state index contributed by atoms with van der Waals surface area (Å²) < 4.78 is 5.62. The fourth-order valence-electron chi connectivity index (χ4n) is 10.8. The van der Waals surface area contributed by atoms with Crippen LogP contribution >= 0.6 is 0 Å². The van der Waals surface area contributed by atoms with Gasteiger partial charge in [-0.3, -0.25) is 19.4 Å². The van der Waals surface area contributed by atoms with Crippen molar-refractivity contribution in [3.8, 4) is 0 Å². The Bertz CT molecular complexity index is 1840. The number of nitrogens with zero attached hydrogens (tertiary/aromatic N) is 2. The second-order valence-corrected chi connectivity index (χ2v) is 20.2. The second kappa shape index (κ2) is 29.4. The third-order valence-corrected chi connectivity index (χ3v) is 15.1. The average Bonchev–Trinajstić information content (AvgIpc) is 3.36. The molecule has 4 heterocycles. The summed E-state index contributed by atoms with van der Waals surface area (Å²) in [5.41, 5.74) is 7.69. The lowest BCUT2D eigenvalue weighted by Crippen LogP contribution is -2.52. The van der Waals surface area contributed by atoms with Crippen molar-refractivity contribution in [3.63, 3.8) is 0 Å². The molecule has 6 bridgehead atoms. The number of nitrogens with one attached hydrogen (secondary N) is 4. The van der Waals surface area contributed by atoms with Crippen molar-refractivity contribution in [2.75, 3.05) is 26.2 Å². The summed E-state index contributed by atoms with van der Waals surface area (Å²) in [6.45, 7) is 14.1. The molecule has 0 amide bonds. The van der Waals surface area contributed by atoms with E-state index in [2.05, 4.69) is 125 Å². The molecule has 5 N–H and O–H groups in total. The highest BCUT2D eigenvalue weighted by Gasteiger charge is 2.32. The van der Waals surface area contributed by atoms with Gasteiger partial charge in [-0.15, -0.1) is 0 Å². The number of ether oxygens (including phenoxy) is 1. The van der Waals surface area contributed by atoms with E-state index in [9.17, 15) is 14.7 Å². The number of carboxylic acids is 1. The summed E-state index contributed by atoms with van der Waals surface area (Å²) in [5, 5.41) is 25.4. The molecular formula is C57H88N6O4. The Morgan fingerprint density at radius 3 is 1.43 bits per heavy atom. The van der Waals surface area contributed by atoms with E-state index in [-0.39, 0.29) is 18.4 Å². The van der Waals surface area contributed by atoms with Crippen LogP contribution < -0.4 is 21.3 Å². The Balaban J connectivity index is 0.00000178. The van der Waals surface area contributed by atoms with Crippen LogP contribution in [-0.4, -0.2) is 83.3 Å². The average molecular weight is 921 g/mol. The van der Waals surface area contributed by atoms with Crippen LogP contribution in [0.25, 0.3) is 0 Å². The molecule has 6 atom stereocenters. The van der Waals surface area contributed by atoms with E-state index in [1.807, 2.05) is 0 Å². The largest absolute Gasteiger partial charge is 0.481 e. The normalized spacial score (nSPS) is 25.1. The van der Waals surface area contributed by atoms with E-state index < -0.39 is 5.97 Å². The minimum absolute atomic E-state index is 0.0900. The minimum atomic E-state index is -0.736. The molecule has 0 aromatic heterocycles. The van der Waals surface area contributed by atoms with Gasteiger partial charge in [0.2, 0.25) is 0 Å². The van der Waals surface area contributed by atoms with E-state index in [0.717, 1.165) is 84.3 Å². The Kier molecular flexibility index (Phi) is 23.1. The first-order valence-electron chi connectivity index (χ1n) is 26.8. The van der Waals surface area contributed by atoms with Gasteiger partial charge in [0.25, 0.3) is 0 Å². The maximum absolute atomic E-state index is 12.9. The molecule has 3 aliphatic carbocycles. The highest BCUT2D eigenvalue weighted by Crippen LogP contribution is 2.29. The maximum Gasteiger partial charge on any atom is 0.307 e. The van der Waals surface area contributed by atoms with Crippen molar-refractivity contribution in [1.29, 1.82) is 0 Å². The van der Waals surface area contributed by atoms with Crippen molar-refractivity contribution in [1.82, 2.24) is 31.1 Å². The Labute approximate surface area is 405 Å². The number of carboxylic acid groups (broad SMARTS) is 1. The fourth-order valence-corrected chi connectivity index (χ4v) is 10.8. The van der Waals surface area contributed by atoms with Gasteiger partial charge >= 0.3 is 11.9 Å². The van der Waals surface area contributed by atoms with Gasteiger partial charge in [0.05, 0.1) is 19.4 Å². The van der Waals surface area contributed by atoms with E-state index in [4.69, 9.17) is 4.74 Å². The van der Waals surface area contributed by atoms with E-state index in [0.29, 0.717) is 56.2 Å². The number of carbonyl (C=O) groups is 2. The molecule has 3 aromatic carbocycles. The fraction of sp³-hybridized carbons (Fsp3) is 0.649. The Morgan fingerprint density at radius 2 is 0.955 bits per heavy atom. The third kappa shape index (κ3) is 18.0. The lowest BCUT2D eigenvalue weighted by molar-refractivity contribution is -0.144. The zero-order valence-electron chi connectivity index (χ0n) is 41.8. The number of fused-ring (bicyclic) bond motifs is 3. The molecule has 3 saturated carbocycles. The van der Waals surface area contributed by atoms with Crippen molar-refractivity contribution in [3.05, 3.63) is 106 Å². The van der Waals surface area contributed by atoms with Gasteiger partial charge in [0, 0.05) is 82.6 Å². The zero-order valence-corrected chi connectivity index (χ0v) is 41.8. The minimum Gasteiger partial charge on any atom is -0.481 e. The molecule has 3 aromatic rings. The van der Waals surface area contributed by atoms with Crippen LogP contribution in [0, 0.1) is 5.92 Å². The van der Waals surface area contributed by atoms with Gasteiger partial charge < -0.3 is 31.1 Å². The standard InChI is InChI=1S/C53H78N6O4.C4H10/c1-2-3-32-63-53(62)29-31-59-39-45-26-22-43(23-27-45)34-55-47-11-5-4-10-46(47)37-54-33-40-20-24-44(25-21-40)38-58(30-28-52(60)61)50-14-8-6-12-48(50)56-35-41-16-18-42(19-17-41)36-57-49-13-7-9-15-51(49)59;1-3-4-2/h16-27,46-51,54-57H,2-15,28-39H2,1H3,(H,60,61);3-4H2,1-2H3. The predicted octanol–water partition coefficient (Wildman–Crippen LogP) is 10.3. The summed E-state index contributed by atoms with van der Waals surface area (Å²) in [7, 11) is 0. The van der Waals surface area contributed by atoms with Gasteiger partial charge in [-0.1, -0.05) is 151 Å². The summed E-state index contributed by atoms with van der Waals surface area (Å²) in [6.07, 6.45) is 19.4. The van der Waals surface area contributed by atoms with Crippen molar-refractivity contribution in [2.45, 2.75) is 206 Å². The molecule has 10 rings (SSSR count). The molecule has 0 saturated heterocycles. The highest BCUT2D eigenvalue weighted by atomic mass is 16.5. The van der Waals surface area contributed by atoms with Gasteiger partial charge in [0.15, 0.2) is 0 Å². The van der Waals surface area contributed by atoms with Crippen LogP contribution in [-0.2, 0) is 53.6 Å². The Morgan fingerprint density at radius 1 is 0.537 bits per heavy atom. The van der Waals surface area contributed by atoms with E-state index in [1.54, 1.807) is 0 Å². The quantitative estimate of drug-likeness (QED) is 0.0994. The van der Waals surface area contributed by atoms with Gasteiger partial charge in [0.1, 0.15) is 0 Å². The first kappa shape index (κ1) is 52.7. The number of hydrogen-bond donors (Lipinski definition) is 5. The van der Waals surface area contributed by atoms with Gasteiger partial charge in [-0.25, -0.2) is 0 Å². The first-order valence-corrected chi connectivity index (χ1v) is 26.8. The lowest BCUT2D eigenvalue weighted by atomic mass is 9.84. The summed E-state index contributed by atoms with van der Waals surface area (Å²) >= 11 is 0. The Hall–Kier alpha value is -3.64. The molecule has 10 nitrogen and oxygen atoms in total. The van der Waals surface area contributed by atoms with Crippen LogP contribution in [0.3, 0.4) is 0 Å². The van der Waals surface area contributed by atoms with Crippen molar-refractivity contribution < 1.29 is 19.4 Å². The number of esters is 1. The number of carbonyl (C=O) groups excluding carboxylic acids is 1. The predicted molar refractivity (Wildman–Crippen MR) is 274 cm³/mol. The number of rotatable bonds is 10. The number of hydrogen-bond acceptors (Lipinski definition) is 9. The maximum atomic E-state index is 12.9. The topological polar surface area (TPSA) is 118 Å². The van der Waals surface area contributed by atoms with E-state index in [1.165, 1.54) is 97.6 Å². The van der Waals surface area contributed by atoms with Crippen LogP contribution in [0.2, 0.25) is 0 Å². The summed E-state index contributed by atoms with van der Waals surface area (Å²) in [4.78, 5) is 29.7. The van der Waals surface area contributed by atoms with Crippen LogP contribution in [0.1, 0.15) is 170 Å². The molecule has 370 valence electrons. The lowest BCUT2D eigenvalue weighted by Gasteiger charge is -2.41. The second-order valence-electron chi connectivity index (χ2n) is 20.2. The van der Waals surface area contributed by atoms with Crippen LogP contribution in [0.4, 0.5) is 0 Å². The molecule has 6 unspecified atom stereocenters. The van der Waals surface area contributed by atoms with Gasteiger partial charge in [-0.05, 0) is 90.8 Å². The number of aliphatic carboxylic acids is 1. The number of unbranched alkanes of at least 4 members (excludes halogenated alkanes) is 2. The summed E-state index contributed by atoms with van der Waals surface area (Å²) in [5.74, 6) is -0.229. The molecule has 4 aliphatic heterocycles. The molecule has 3 fully saturated rings. The highest BCUT2D eigenvalue weighted by molar-refractivity contribution is 5.69. The molecule has 7 aliphatic rings. The summed E-state index contributed by atoms with van der Waals surface area (Å²) in [6, 6.07) is 29.1. The molecule has 67 heavy (non-hydrogen) atoms. The van der Waals surface area contributed by atoms with Crippen molar-refractivity contribution in [2.24, 2.45) is 5.92 Å². The van der Waals surface area contributed by atoms with E-state index >= 15 is 0 Å². The first-order chi connectivity index (χ1) is 32.8. The smallest absolute Gasteiger partial charge is 0.307 e. The van der Waals surface area contributed by atoms with Crippen molar-refractivity contribution >= 4 is 11.9 Å². The molecular weight excluding hydrogens is 833 g/mol. The third-order valence-electron chi connectivity index (χ3n) is 15.1. The van der Waals surface area contributed by atoms with Crippen LogP contribution in [0.15, 0.2) is 72.8 Å². The molecule has 10 heteroatoms. The zero-order chi connectivity index (χ0) is 47.1. The molecule has 0 radical (unpaired) electrons. The monoisotopic (exact) mass is 921 g/mol.